The minimum atomic E-state index is -2.87. The second-order valence-corrected chi connectivity index (χ2v) is 9.54. The predicted molar refractivity (Wildman–Crippen MR) is 133 cm³/mol. The summed E-state index contributed by atoms with van der Waals surface area (Å²) in [5.74, 6) is -1.34. The van der Waals surface area contributed by atoms with Crippen LogP contribution >= 0.6 is 0 Å². The Morgan fingerprint density at radius 2 is 1.76 bits per heavy atom. The fourth-order valence-electron chi connectivity index (χ4n) is 3.66. The van der Waals surface area contributed by atoms with Gasteiger partial charge in [0.2, 0.25) is 12.3 Å². The van der Waals surface area contributed by atoms with Crippen LogP contribution in [0.4, 0.5) is 24.5 Å². The molecule has 0 saturated heterocycles. The zero-order chi connectivity index (χ0) is 26.7. The zero-order valence-electron chi connectivity index (χ0n) is 20.1. The highest BCUT2D eigenvalue weighted by atomic mass is 32.2. The summed E-state index contributed by atoms with van der Waals surface area (Å²) in [5, 5.41) is 6.90. The lowest BCUT2D eigenvalue weighted by molar-refractivity contribution is -0.107. The molecule has 0 N–H and O–H groups in total. The number of nitrogens with zero attached hydrogens (tertiary/aromatic N) is 5. The van der Waals surface area contributed by atoms with Gasteiger partial charge in [-0.2, -0.15) is 8.78 Å². The molecule has 2 aromatic carbocycles. The van der Waals surface area contributed by atoms with Crippen LogP contribution in [0.5, 0.6) is 0 Å². The Kier molecular flexibility index (Phi) is 7.79. The standard InChI is InChI=1S/C25H22F3N5O3S/c1-32(13-17-7-4-16(12-29-17)24-30-31-25(36-24)23(27)28)22-11-20(26)19(10-21(22)33(2)14-34)15-5-8-18(9-6-15)37(3)35/h4-12,14,23H,13H2,1-3H3. The molecule has 37 heavy (non-hydrogen) atoms. The largest absolute Gasteiger partial charge is 0.612 e. The molecular formula is C25H22F3N5O3S. The first-order chi connectivity index (χ1) is 17.7. The van der Waals surface area contributed by atoms with E-state index in [4.69, 9.17) is 4.42 Å². The van der Waals surface area contributed by atoms with E-state index in [9.17, 15) is 18.1 Å². The molecule has 192 valence electrons. The van der Waals surface area contributed by atoms with Crippen molar-refractivity contribution in [2.75, 3.05) is 30.2 Å². The third-order valence-corrected chi connectivity index (χ3v) is 6.55. The van der Waals surface area contributed by atoms with Gasteiger partial charge in [0, 0.05) is 25.9 Å². The fourth-order valence-corrected chi connectivity index (χ4v) is 4.18. The summed E-state index contributed by atoms with van der Waals surface area (Å²) in [4.78, 5) is 19.6. The summed E-state index contributed by atoms with van der Waals surface area (Å²) in [6, 6.07) is 12.9. The molecule has 1 amide bonds. The van der Waals surface area contributed by atoms with Gasteiger partial charge in [0.15, 0.2) is 4.90 Å². The quantitative estimate of drug-likeness (QED) is 0.226. The lowest BCUT2D eigenvalue weighted by Gasteiger charge is -2.26. The molecule has 0 aliphatic rings. The molecule has 4 rings (SSSR count). The number of carbonyl (C=O) groups excluding carboxylic acids is 1. The Morgan fingerprint density at radius 1 is 1.05 bits per heavy atom. The molecule has 2 aromatic heterocycles. The number of anilines is 2. The lowest BCUT2D eigenvalue weighted by Crippen LogP contribution is -2.23. The predicted octanol–water partition coefficient (Wildman–Crippen LogP) is 4.84. The molecule has 4 aromatic rings. The molecule has 0 saturated carbocycles. The van der Waals surface area contributed by atoms with Gasteiger partial charge in [0.25, 0.3) is 5.89 Å². The number of rotatable bonds is 9. The van der Waals surface area contributed by atoms with E-state index in [2.05, 4.69) is 15.2 Å². The first-order valence-corrected chi connectivity index (χ1v) is 12.5. The molecule has 0 fully saturated rings. The van der Waals surface area contributed by atoms with Crippen LogP contribution in [0.15, 0.2) is 64.0 Å². The first kappa shape index (κ1) is 26.2. The normalized spacial score (nSPS) is 12.0. The Labute approximate surface area is 213 Å². The molecule has 0 radical (unpaired) electrons. The van der Waals surface area contributed by atoms with Gasteiger partial charge in [-0.25, -0.2) is 4.39 Å². The Hall–Kier alpha value is -3.90. The van der Waals surface area contributed by atoms with Gasteiger partial charge in [0.1, 0.15) is 12.1 Å². The molecule has 12 heteroatoms. The topological polar surface area (TPSA) is 98.4 Å². The SMILES string of the molecule is CN(C=O)c1cc(-c2ccc([S+](C)[O-])cc2)c(F)cc1N(C)Cc1ccc(-c2nnc(C(F)F)o2)cn1. The maximum Gasteiger partial charge on any atom is 0.314 e. The maximum atomic E-state index is 15.3. The van der Waals surface area contributed by atoms with Crippen LogP contribution < -0.4 is 9.80 Å². The number of pyridine rings is 1. The van der Waals surface area contributed by atoms with E-state index in [1.54, 1.807) is 67.7 Å². The number of benzene rings is 2. The van der Waals surface area contributed by atoms with E-state index in [-0.39, 0.29) is 12.4 Å². The van der Waals surface area contributed by atoms with Crippen molar-refractivity contribution in [2.45, 2.75) is 17.9 Å². The summed E-state index contributed by atoms with van der Waals surface area (Å²) in [6.07, 6.45) is 0.742. The molecule has 0 spiro atoms. The van der Waals surface area contributed by atoms with Gasteiger partial charge in [-0.1, -0.05) is 0 Å². The van der Waals surface area contributed by atoms with Crippen molar-refractivity contribution in [2.24, 2.45) is 0 Å². The van der Waals surface area contributed by atoms with E-state index in [1.807, 2.05) is 0 Å². The Balaban J connectivity index is 1.60. The van der Waals surface area contributed by atoms with E-state index in [0.717, 1.165) is 0 Å². The molecule has 0 aliphatic carbocycles. The summed E-state index contributed by atoms with van der Waals surface area (Å²) in [6.45, 7) is 0.252. The van der Waals surface area contributed by atoms with Gasteiger partial charge >= 0.3 is 6.43 Å². The monoisotopic (exact) mass is 529 g/mol. The van der Waals surface area contributed by atoms with Crippen molar-refractivity contribution in [3.8, 4) is 22.6 Å². The zero-order valence-corrected chi connectivity index (χ0v) is 20.9. The average molecular weight is 530 g/mol. The number of carbonyl (C=O) groups is 1. The molecule has 0 aliphatic heterocycles. The second kappa shape index (κ2) is 11.0. The average Bonchev–Trinajstić information content (AvgIpc) is 3.39. The van der Waals surface area contributed by atoms with Crippen molar-refractivity contribution in [3.05, 3.63) is 72.1 Å². The Bertz CT molecular complexity index is 1380. The van der Waals surface area contributed by atoms with Crippen LogP contribution in [0, 0.1) is 5.82 Å². The smallest absolute Gasteiger partial charge is 0.314 e. The number of amides is 1. The molecule has 1 unspecified atom stereocenters. The van der Waals surface area contributed by atoms with Crippen LogP contribution in [0.3, 0.4) is 0 Å². The van der Waals surface area contributed by atoms with Crippen molar-refractivity contribution in [1.82, 2.24) is 15.2 Å². The van der Waals surface area contributed by atoms with Crippen molar-refractivity contribution in [1.29, 1.82) is 0 Å². The van der Waals surface area contributed by atoms with E-state index < -0.39 is 29.3 Å². The number of halogens is 3. The van der Waals surface area contributed by atoms with Gasteiger partial charge in [0.05, 0.1) is 29.2 Å². The van der Waals surface area contributed by atoms with Crippen LogP contribution in [-0.2, 0) is 22.5 Å². The first-order valence-electron chi connectivity index (χ1n) is 10.9. The second-order valence-electron chi connectivity index (χ2n) is 8.16. The van der Waals surface area contributed by atoms with Crippen molar-refractivity contribution in [3.63, 3.8) is 0 Å². The van der Waals surface area contributed by atoms with Crippen LogP contribution in [0.1, 0.15) is 18.0 Å². The number of hydrogen-bond acceptors (Lipinski definition) is 7. The van der Waals surface area contributed by atoms with Gasteiger partial charge in [-0.05, 0) is 65.3 Å². The molecule has 8 nitrogen and oxygen atoms in total. The van der Waals surface area contributed by atoms with Gasteiger partial charge in [-0.15, -0.1) is 10.2 Å². The van der Waals surface area contributed by atoms with Gasteiger partial charge < -0.3 is 18.8 Å². The molecule has 2 heterocycles. The van der Waals surface area contributed by atoms with E-state index >= 15 is 4.39 Å². The molecule has 0 bridgehead atoms. The summed E-state index contributed by atoms with van der Waals surface area (Å²) in [7, 11) is 3.29. The third-order valence-electron chi connectivity index (χ3n) is 5.61. The fraction of sp³-hybridized carbons (Fsp3) is 0.200. The third kappa shape index (κ3) is 5.75. The highest BCUT2D eigenvalue weighted by Gasteiger charge is 2.19. The number of alkyl halides is 2. The summed E-state index contributed by atoms with van der Waals surface area (Å²) >= 11 is -1.16. The molecular weight excluding hydrogens is 507 g/mol. The van der Waals surface area contributed by atoms with E-state index in [0.29, 0.717) is 45.1 Å². The lowest BCUT2D eigenvalue weighted by atomic mass is 10.0. The van der Waals surface area contributed by atoms with Crippen molar-refractivity contribution < 1.29 is 26.9 Å². The number of aromatic nitrogens is 3. The van der Waals surface area contributed by atoms with Crippen LogP contribution in [-0.4, -0.2) is 46.5 Å². The Morgan fingerprint density at radius 3 is 2.32 bits per heavy atom. The number of hydrogen-bond donors (Lipinski definition) is 0. The highest BCUT2D eigenvalue weighted by Crippen LogP contribution is 2.36. The highest BCUT2D eigenvalue weighted by molar-refractivity contribution is 7.90. The van der Waals surface area contributed by atoms with Crippen LogP contribution in [0.25, 0.3) is 22.6 Å². The van der Waals surface area contributed by atoms with Crippen molar-refractivity contribution >= 4 is 29.0 Å². The maximum absolute atomic E-state index is 15.3. The summed E-state index contributed by atoms with van der Waals surface area (Å²) in [5.41, 5.74) is 2.76. The van der Waals surface area contributed by atoms with Crippen LogP contribution in [0.2, 0.25) is 0 Å². The summed E-state index contributed by atoms with van der Waals surface area (Å²) < 4.78 is 57.3. The molecule has 1 atom stereocenters. The minimum absolute atomic E-state index is 0.0755. The van der Waals surface area contributed by atoms with Gasteiger partial charge in [-0.3, -0.25) is 9.78 Å². The van der Waals surface area contributed by atoms with E-state index in [1.165, 1.54) is 17.2 Å². The minimum Gasteiger partial charge on any atom is -0.612 e.